The van der Waals surface area contributed by atoms with Crippen LogP contribution in [0.25, 0.3) is 0 Å². The maximum absolute atomic E-state index is 12.6. The van der Waals surface area contributed by atoms with Crippen LogP contribution in [0, 0.1) is 11.3 Å². The number of hydrogen-bond donors (Lipinski definition) is 0. The van der Waals surface area contributed by atoms with Gasteiger partial charge in [0.15, 0.2) is 6.61 Å². The first-order chi connectivity index (χ1) is 10.5. The number of carbonyl (C=O) groups excluding carboxylic acids is 1. The standard InChI is InChI=1S/C13H13BrN2O5S/c14-11-2-1-10(13(17)21-6-3-15)9-12(11)22(18,19)16-4-7-20-8-5-16/h1-2,9H,4-8H2. The van der Waals surface area contributed by atoms with Crippen molar-refractivity contribution in [1.29, 1.82) is 5.26 Å². The summed E-state index contributed by atoms with van der Waals surface area (Å²) in [4.78, 5) is 11.7. The smallest absolute Gasteiger partial charge is 0.339 e. The molecule has 0 saturated carbocycles. The van der Waals surface area contributed by atoms with E-state index in [4.69, 9.17) is 10.00 Å². The fourth-order valence-electron chi connectivity index (χ4n) is 1.94. The average Bonchev–Trinajstić information content (AvgIpc) is 2.53. The molecule has 0 bridgehead atoms. The van der Waals surface area contributed by atoms with Crippen molar-refractivity contribution in [3.05, 3.63) is 28.2 Å². The van der Waals surface area contributed by atoms with Crippen molar-refractivity contribution in [3.63, 3.8) is 0 Å². The summed E-state index contributed by atoms with van der Waals surface area (Å²) in [6.45, 7) is 0.803. The number of hydrogen-bond acceptors (Lipinski definition) is 6. The number of sulfonamides is 1. The number of esters is 1. The topological polar surface area (TPSA) is 96.7 Å². The monoisotopic (exact) mass is 388 g/mol. The second-order valence-electron chi connectivity index (χ2n) is 4.40. The van der Waals surface area contributed by atoms with E-state index < -0.39 is 16.0 Å². The zero-order chi connectivity index (χ0) is 16.2. The van der Waals surface area contributed by atoms with Crippen LogP contribution in [0.1, 0.15) is 10.4 Å². The van der Waals surface area contributed by atoms with Gasteiger partial charge in [-0.05, 0) is 34.1 Å². The highest BCUT2D eigenvalue weighted by atomic mass is 79.9. The molecule has 0 spiro atoms. The number of nitriles is 1. The van der Waals surface area contributed by atoms with Crippen LogP contribution < -0.4 is 0 Å². The Hall–Kier alpha value is -1.47. The zero-order valence-electron chi connectivity index (χ0n) is 11.5. The predicted molar refractivity (Wildman–Crippen MR) is 79.6 cm³/mol. The second kappa shape index (κ2) is 7.19. The van der Waals surface area contributed by atoms with Gasteiger partial charge in [0.25, 0.3) is 0 Å². The molecule has 1 aliphatic rings. The number of rotatable bonds is 4. The van der Waals surface area contributed by atoms with Crippen molar-refractivity contribution in [2.24, 2.45) is 0 Å². The van der Waals surface area contributed by atoms with Crippen molar-refractivity contribution in [2.75, 3.05) is 32.9 Å². The van der Waals surface area contributed by atoms with Crippen LogP contribution in [-0.4, -0.2) is 51.6 Å². The molecule has 22 heavy (non-hydrogen) atoms. The molecule has 0 atom stereocenters. The number of carbonyl (C=O) groups is 1. The third kappa shape index (κ3) is 3.64. The van der Waals surface area contributed by atoms with Gasteiger partial charge in [0.1, 0.15) is 6.07 Å². The highest BCUT2D eigenvalue weighted by Crippen LogP contribution is 2.27. The van der Waals surface area contributed by atoms with Gasteiger partial charge in [-0.15, -0.1) is 0 Å². The highest BCUT2D eigenvalue weighted by Gasteiger charge is 2.29. The maximum Gasteiger partial charge on any atom is 0.339 e. The SMILES string of the molecule is N#CCOC(=O)c1ccc(Br)c(S(=O)(=O)N2CCOCC2)c1. The van der Waals surface area contributed by atoms with Crippen molar-refractivity contribution < 1.29 is 22.7 Å². The lowest BCUT2D eigenvalue weighted by molar-refractivity contribution is 0.0554. The average molecular weight is 389 g/mol. The van der Waals surface area contributed by atoms with Gasteiger partial charge in [0.05, 0.1) is 23.7 Å². The van der Waals surface area contributed by atoms with Gasteiger partial charge in [-0.1, -0.05) is 0 Å². The second-order valence-corrected chi connectivity index (χ2v) is 7.16. The van der Waals surface area contributed by atoms with Crippen molar-refractivity contribution in [2.45, 2.75) is 4.90 Å². The van der Waals surface area contributed by atoms with Crippen LogP contribution in [0.15, 0.2) is 27.6 Å². The molecule has 1 aromatic carbocycles. The number of nitrogens with zero attached hydrogens (tertiary/aromatic N) is 2. The molecule has 7 nitrogen and oxygen atoms in total. The van der Waals surface area contributed by atoms with Gasteiger partial charge in [-0.2, -0.15) is 9.57 Å². The Kier molecular flexibility index (Phi) is 5.52. The molecule has 0 N–H and O–H groups in total. The molecule has 1 heterocycles. The third-order valence-corrected chi connectivity index (χ3v) is 5.92. The Labute approximate surface area is 136 Å². The van der Waals surface area contributed by atoms with E-state index in [0.29, 0.717) is 17.7 Å². The molecule has 1 aromatic rings. The first-order valence-electron chi connectivity index (χ1n) is 6.38. The predicted octanol–water partition coefficient (Wildman–Crippen LogP) is 1.15. The van der Waals surface area contributed by atoms with E-state index in [9.17, 15) is 13.2 Å². The van der Waals surface area contributed by atoms with E-state index in [1.54, 1.807) is 6.07 Å². The molecule has 9 heteroatoms. The zero-order valence-corrected chi connectivity index (χ0v) is 13.9. The first kappa shape index (κ1) is 16.9. The van der Waals surface area contributed by atoms with E-state index in [1.165, 1.54) is 22.5 Å². The van der Waals surface area contributed by atoms with E-state index in [0.717, 1.165) is 0 Å². The largest absolute Gasteiger partial charge is 0.447 e. The summed E-state index contributed by atoms with van der Waals surface area (Å²) in [5, 5.41) is 8.41. The molecule has 0 unspecified atom stereocenters. The lowest BCUT2D eigenvalue weighted by Crippen LogP contribution is -2.40. The van der Waals surface area contributed by atoms with Gasteiger partial charge in [0.2, 0.25) is 10.0 Å². The molecular weight excluding hydrogens is 376 g/mol. The number of halogens is 1. The number of ether oxygens (including phenoxy) is 2. The molecule has 0 radical (unpaired) electrons. The lowest BCUT2D eigenvalue weighted by Gasteiger charge is -2.26. The number of morpholine rings is 1. The molecule has 0 aromatic heterocycles. The normalized spacial score (nSPS) is 16.0. The van der Waals surface area contributed by atoms with Crippen LogP contribution in [0.2, 0.25) is 0 Å². The molecular formula is C13H13BrN2O5S. The fourth-order valence-corrected chi connectivity index (χ4v) is 4.29. The van der Waals surface area contributed by atoms with Crippen molar-refractivity contribution in [3.8, 4) is 6.07 Å². The molecule has 1 aliphatic heterocycles. The van der Waals surface area contributed by atoms with Gasteiger partial charge < -0.3 is 9.47 Å². The van der Waals surface area contributed by atoms with Crippen LogP contribution in [0.5, 0.6) is 0 Å². The Balaban J connectivity index is 2.33. The van der Waals surface area contributed by atoms with Gasteiger partial charge in [-0.3, -0.25) is 0 Å². The minimum Gasteiger partial charge on any atom is -0.447 e. The Morgan fingerprint density at radius 2 is 2.09 bits per heavy atom. The summed E-state index contributed by atoms with van der Waals surface area (Å²) in [7, 11) is -3.74. The Morgan fingerprint density at radius 3 is 2.73 bits per heavy atom. The van der Waals surface area contributed by atoms with E-state index >= 15 is 0 Å². The van der Waals surface area contributed by atoms with Crippen LogP contribution >= 0.6 is 15.9 Å². The first-order valence-corrected chi connectivity index (χ1v) is 8.61. The molecule has 118 valence electrons. The minimum atomic E-state index is -3.74. The van der Waals surface area contributed by atoms with E-state index in [2.05, 4.69) is 20.7 Å². The molecule has 1 fully saturated rings. The molecule has 0 aliphatic carbocycles. The van der Waals surface area contributed by atoms with Gasteiger partial charge in [0, 0.05) is 17.6 Å². The van der Waals surface area contributed by atoms with Crippen LogP contribution in [0.3, 0.4) is 0 Å². The maximum atomic E-state index is 12.6. The minimum absolute atomic E-state index is 0.0131. The Bertz CT molecular complexity index is 708. The number of benzene rings is 1. The fraction of sp³-hybridized carbons (Fsp3) is 0.385. The van der Waals surface area contributed by atoms with Gasteiger partial charge in [-0.25, -0.2) is 13.2 Å². The quantitative estimate of drug-likeness (QED) is 0.717. The van der Waals surface area contributed by atoms with Crippen molar-refractivity contribution >= 4 is 31.9 Å². The summed E-state index contributed by atoms with van der Waals surface area (Å²) in [6.07, 6.45) is 0. The summed E-state index contributed by atoms with van der Waals surface area (Å²) >= 11 is 3.19. The van der Waals surface area contributed by atoms with E-state index in [-0.39, 0.29) is 30.2 Å². The van der Waals surface area contributed by atoms with E-state index in [1.807, 2.05) is 0 Å². The van der Waals surface area contributed by atoms with Gasteiger partial charge >= 0.3 is 5.97 Å². The Morgan fingerprint density at radius 1 is 1.41 bits per heavy atom. The summed E-state index contributed by atoms with van der Waals surface area (Å²) in [6, 6.07) is 5.83. The third-order valence-electron chi connectivity index (χ3n) is 3.02. The van der Waals surface area contributed by atoms with Crippen LogP contribution in [0.4, 0.5) is 0 Å². The summed E-state index contributed by atoms with van der Waals surface area (Å²) in [5.41, 5.74) is 0.0743. The highest BCUT2D eigenvalue weighted by molar-refractivity contribution is 9.10. The molecule has 2 rings (SSSR count). The summed E-state index contributed by atoms with van der Waals surface area (Å²) < 4.78 is 36.8. The van der Waals surface area contributed by atoms with Crippen LogP contribution in [-0.2, 0) is 19.5 Å². The molecule has 0 amide bonds. The van der Waals surface area contributed by atoms with Crippen molar-refractivity contribution in [1.82, 2.24) is 4.31 Å². The lowest BCUT2D eigenvalue weighted by atomic mass is 10.2. The summed E-state index contributed by atoms with van der Waals surface area (Å²) in [5.74, 6) is -0.743. The molecule has 1 saturated heterocycles.